The normalized spacial score (nSPS) is 27.6. The summed E-state index contributed by atoms with van der Waals surface area (Å²) in [6.45, 7) is 0.181. The third-order valence-corrected chi connectivity index (χ3v) is 2.52. The number of carbonyl (C=O) groups is 2. The summed E-state index contributed by atoms with van der Waals surface area (Å²) in [6, 6.07) is -0.664. The quantitative estimate of drug-likeness (QED) is 0.483. The number of amides is 2. The van der Waals surface area contributed by atoms with Gasteiger partial charge in [0.25, 0.3) is 0 Å². The van der Waals surface area contributed by atoms with Gasteiger partial charge in [-0.2, -0.15) is 0 Å². The average molecular weight is 226 g/mol. The molecule has 0 radical (unpaired) electrons. The van der Waals surface area contributed by atoms with Gasteiger partial charge in [0.1, 0.15) is 6.04 Å². The van der Waals surface area contributed by atoms with E-state index in [1.807, 2.05) is 0 Å². The zero-order valence-corrected chi connectivity index (χ0v) is 8.15. The van der Waals surface area contributed by atoms with Gasteiger partial charge in [0.2, 0.25) is 5.96 Å². The van der Waals surface area contributed by atoms with E-state index in [9.17, 15) is 9.59 Å². The highest BCUT2D eigenvalue weighted by Crippen LogP contribution is 2.24. The predicted octanol–water partition coefficient (Wildman–Crippen LogP) is -0.461. The van der Waals surface area contributed by atoms with Gasteiger partial charge in [-0.05, 0) is 0 Å². The Labute approximate surface area is 90.3 Å². The first-order valence-corrected chi connectivity index (χ1v) is 4.54. The predicted molar refractivity (Wildman–Crippen MR) is 52.9 cm³/mol. The van der Waals surface area contributed by atoms with Gasteiger partial charge in [-0.3, -0.25) is 4.90 Å². The summed E-state index contributed by atoms with van der Waals surface area (Å²) in [5, 5.41) is 17.8. The Morgan fingerprint density at radius 3 is 2.69 bits per heavy atom. The van der Waals surface area contributed by atoms with Crippen molar-refractivity contribution in [3.05, 3.63) is 12.2 Å². The molecule has 0 saturated heterocycles. The van der Waals surface area contributed by atoms with Crippen LogP contribution in [0.3, 0.4) is 0 Å². The minimum absolute atomic E-state index is 0.180. The molecule has 2 amide bonds. The topological polar surface area (TPSA) is 119 Å². The number of nitrogens with two attached hydrogens (primary N) is 1. The van der Waals surface area contributed by atoms with E-state index in [0.717, 1.165) is 9.80 Å². The summed E-state index contributed by atoms with van der Waals surface area (Å²) in [4.78, 5) is 27.6. The molecule has 86 valence electrons. The lowest BCUT2D eigenvalue weighted by atomic mass is 10.1. The molecule has 0 fully saturated rings. The van der Waals surface area contributed by atoms with Gasteiger partial charge in [-0.1, -0.05) is 12.2 Å². The molecule has 2 rings (SSSR count). The molecule has 2 aliphatic rings. The number of guanidine groups is 1. The Morgan fingerprint density at radius 2 is 2.12 bits per heavy atom. The first kappa shape index (κ1) is 10.3. The van der Waals surface area contributed by atoms with Crippen molar-refractivity contribution in [1.82, 2.24) is 9.80 Å². The smallest absolute Gasteiger partial charge is 0.414 e. The van der Waals surface area contributed by atoms with Gasteiger partial charge < -0.3 is 15.9 Å². The highest BCUT2D eigenvalue weighted by molar-refractivity contribution is 5.95. The van der Waals surface area contributed by atoms with Crippen molar-refractivity contribution in [2.45, 2.75) is 12.2 Å². The molecule has 8 nitrogen and oxygen atoms in total. The van der Waals surface area contributed by atoms with Crippen LogP contribution in [-0.2, 0) is 0 Å². The van der Waals surface area contributed by atoms with Crippen molar-refractivity contribution in [3.8, 4) is 0 Å². The summed E-state index contributed by atoms with van der Waals surface area (Å²) >= 11 is 0. The van der Waals surface area contributed by atoms with E-state index >= 15 is 0 Å². The lowest BCUT2D eigenvalue weighted by Gasteiger charge is -2.31. The van der Waals surface area contributed by atoms with Crippen molar-refractivity contribution in [3.63, 3.8) is 0 Å². The third-order valence-electron chi connectivity index (χ3n) is 2.52. The molecule has 16 heavy (non-hydrogen) atoms. The number of aliphatic imine (C=N–C) groups is 1. The van der Waals surface area contributed by atoms with Crippen LogP contribution in [0, 0.1) is 0 Å². The molecule has 0 bridgehead atoms. The Morgan fingerprint density at radius 1 is 1.44 bits per heavy atom. The molecule has 4 N–H and O–H groups in total. The van der Waals surface area contributed by atoms with Gasteiger partial charge in [-0.15, -0.1) is 0 Å². The Hall–Kier alpha value is -2.25. The van der Waals surface area contributed by atoms with Crippen LogP contribution in [0.4, 0.5) is 9.59 Å². The molecule has 2 aliphatic heterocycles. The summed E-state index contributed by atoms with van der Waals surface area (Å²) in [6.07, 6.45) is 0.00776. The van der Waals surface area contributed by atoms with E-state index in [1.165, 1.54) is 0 Å². The van der Waals surface area contributed by atoms with Gasteiger partial charge in [-0.25, -0.2) is 19.5 Å². The molecular weight excluding hydrogens is 216 g/mol. The molecule has 2 heterocycles. The molecular formula is C8H10N4O4. The van der Waals surface area contributed by atoms with E-state index in [1.54, 1.807) is 12.2 Å². The maximum atomic E-state index is 10.9. The number of rotatable bonds is 0. The lowest BCUT2D eigenvalue weighted by molar-refractivity contribution is 0.111. The fourth-order valence-electron chi connectivity index (χ4n) is 1.84. The van der Waals surface area contributed by atoms with Crippen LogP contribution in [-0.4, -0.2) is 56.9 Å². The van der Waals surface area contributed by atoms with Crippen molar-refractivity contribution >= 4 is 18.1 Å². The number of nitrogens with zero attached hydrogens (tertiary/aromatic N) is 3. The van der Waals surface area contributed by atoms with Crippen LogP contribution in [0.1, 0.15) is 0 Å². The first-order chi connectivity index (χ1) is 7.52. The highest BCUT2D eigenvalue weighted by Gasteiger charge is 2.43. The van der Waals surface area contributed by atoms with Crippen molar-refractivity contribution in [2.75, 3.05) is 6.54 Å². The molecule has 0 aromatic rings. The molecule has 0 unspecified atom stereocenters. The summed E-state index contributed by atoms with van der Waals surface area (Å²) in [5.41, 5.74) is 5.44. The maximum Gasteiger partial charge on any atom is 0.414 e. The molecule has 2 atom stereocenters. The van der Waals surface area contributed by atoms with Crippen molar-refractivity contribution in [1.29, 1.82) is 0 Å². The fourth-order valence-corrected chi connectivity index (χ4v) is 1.84. The largest absolute Gasteiger partial charge is 0.465 e. The number of carboxylic acid groups (broad SMARTS) is 2. The zero-order chi connectivity index (χ0) is 11.9. The summed E-state index contributed by atoms with van der Waals surface area (Å²) < 4.78 is 0. The SMILES string of the molecule is NC1=N[C@H]2[C@H](C=CCN2C(=O)O)N1C(=O)O. The Balaban J connectivity index is 2.33. The zero-order valence-electron chi connectivity index (χ0n) is 8.15. The average Bonchev–Trinajstić information content (AvgIpc) is 2.52. The first-order valence-electron chi connectivity index (χ1n) is 4.54. The minimum Gasteiger partial charge on any atom is -0.465 e. The highest BCUT2D eigenvalue weighted by atomic mass is 16.4. The van der Waals surface area contributed by atoms with E-state index in [2.05, 4.69) is 4.99 Å². The minimum atomic E-state index is -1.24. The molecule has 0 aromatic heterocycles. The van der Waals surface area contributed by atoms with Gasteiger partial charge >= 0.3 is 12.2 Å². The standard InChI is InChI=1S/C8H10N4O4/c9-6-10-5-4(12(6)8(15)16)2-1-3-11(5)7(13)14/h1-2,4-5H,3H2,(H2,9,10)(H,13,14)(H,15,16)/t4-,5+/m0/s1. The van der Waals surface area contributed by atoms with Gasteiger partial charge in [0.05, 0.1) is 0 Å². The molecule has 0 saturated carbocycles. The summed E-state index contributed by atoms with van der Waals surface area (Å²) in [5.74, 6) is -0.180. The van der Waals surface area contributed by atoms with Gasteiger partial charge in [0.15, 0.2) is 6.17 Å². The van der Waals surface area contributed by atoms with Crippen molar-refractivity contribution < 1.29 is 19.8 Å². The second-order valence-electron chi connectivity index (χ2n) is 3.41. The van der Waals surface area contributed by atoms with E-state index in [4.69, 9.17) is 15.9 Å². The molecule has 0 spiro atoms. The van der Waals surface area contributed by atoms with Crippen LogP contribution in [0.15, 0.2) is 17.1 Å². The van der Waals surface area contributed by atoms with Crippen LogP contribution >= 0.6 is 0 Å². The summed E-state index contributed by atoms with van der Waals surface area (Å²) in [7, 11) is 0. The number of fused-ring (bicyclic) bond motifs is 1. The number of hydrogen-bond acceptors (Lipinski definition) is 4. The van der Waals surface area contributed by atoms with E-state index in [-0.39, 0.29) is 12.5 Å². The third kappa shape index (κ3) is 1.35. The molecule has 0 aromatic carbocycles. The van der Waals surface area contributed by atoms with Crippen LogP contribution < -0.4 is 5.73 Å². The van der Waals surface area contributed by atoms with E-state index in [0.29, 0.717) is 0 Å². The van der Waals surface area contributed by atoms with Crippen LogP contribution in [0.5, 0.6) is 0 Å². The Bertz CT molecular complexity index is 405. The van der Waals surface area contributed by atoms with Crippen LogP contribution in [0.2, 0.25) is 0 Å². The second kappa shape index (κ2) is 3.40. The number of hydrogen-bond donors (Lipinski definition) is 3. The van der Waals surface area contributed by atoms with Crippen molar-refractivity contribution in [2.24, 2.45) is 10.7 Å². The molecule has 0 aliphatic carbocycles. The lowest BCUT2D eigenvalue weighted by Crippen LogP contribution is -2.52. The monoisotopic (exact) mass is 226 g/mol. The van der Waals surface area contributed by atoms with Crippen LogP contribution in [0.25, 0.3) is 0 Å². The van der Waals surface area contributed by atoms with Gasteiger partial charge in [0, 0.05) is 6.54 Å². The molecule has 8 heteroatoms. The Kier molecular flexibility index (Phi) is 2.18. The maximum absolute atomic E-state index is 10.9. The van der Waals surface area contributed by atoms with E-state index < -0.39 is 24.4 Å². The fraction of sp³-hybridized carbons (Fsp3) is 0.375. The second-order valence-corrected chi connectivity index (χ2v) is 3.41.